The van der Waals surface area contributed by atoms with Crippen LogP contribution in [0.15, 0.2) is 30.3 Å². The minimum Gasteiger partial charge on any atom is -0.313 e. The second-order valence-corrected chi connectivity index (χ2v) is 8.15. The average Bonchev–Trinajstić information content (AvgIpc) is 2.87. The second kappa shape index (κ2) is 7.23. The molecule has 2 atom stereocenters. The van der Waals surface area contributed by atoms with Crippen LogP contribution >= 0.6 is 0 Å². The lowest BCUT2D eigenvalue weighted by molar-refractivity contribution is 0.406. The van der Waals surface area contributed by atoms with Crippen molar-refractivity contribution in [3.63, 3.8) is 0 Å². The van der Waals surface area contributed by atoms with Gasteiger partial charge in [-0.1, -0.05) is 43.7 Å². The maximum Gasteiger partial charge on any atom is 0.151 e. The molecule has 0 aliphatic heterocycles. The van der Waals surface area contributed by atoms with Crippen LogP contribution in [-0.4, -0.2) is 32.5 Å². The number of sulfone groups is 1. The van der Waals surface area contributed by atoms with E-state index in [1.54, 1.807) is 6.92 Å². The third kappa shape index (κ3) is 4.60. The molecule has 1 aromatic carbocycles. The predicted octanol–water partition coefficient (Wildman–Crippen LogP) is 2.42. The Labute approximate surface area is 122 Å². The molecule has 1 aromatic rings. The first-order valence-electron chi connectivity index (χ1n) is 7.58. The molecule has 4 heteroatoms. The Bertz CT molecular complexity index is 498. The van der Waals surface area contributed by atoms with Crippen LogP contribution in [0, 0.1) is 5.92 Å². The average molecular weight is 295 g/mol. The summed E-state index contributed by atoms with van der Waals surface area (Å²) in [6.07, 6.45) is 4.76. The lowest BCUT2D eigenvalue weighted by atomic mass is 9.95. The zero-order valence-corrected chi connectivity index (χ0v) is 13.0. The van der Waals surface area contributed by atoms with Crippen molar-refractivity contribution in [1.29, 1.82) is 0 Å². The zero-order chi connectivity index (χ0) is 14.4. The number of hydrogen-bond acceptors (Lipinski definition) is 3. The molecule has 1 aliphatic rings. The molecule has 0 unspecified atom stereocenters. The summed E-state index contributed by atoms with van der Waals surface area (Å²) in [5.74, 6) is 1.15. The Hall–Kier alpha value is -0.870. The fourth-order valence-corrected chi connectivity index (χ4v) is 3.73. The molecular formula is C16H25NO2S. The Morgan fingerprint density at radius 3 is 2.65 bits per heavy atom. The SMILES string of the molecule is CCS(=O)(=O)CCN[C@H]1CCC[C@H]1Cc1ccccc1. The van der Waals surface area contributed by atoms with Crippen LogP contribution in [0.5, 0.6) is 0 Å². The molecular weight excluding hydrogens is 270 g/mol. The lowest BCUT2D eigenvalue weighted by Gasteiger charge is -2.21. The second-order valence-electron chi connectivity index (χ2n) is 5.68. The van der Waals surface area contributed by atoms with E-state index in [0.29, 0.717) is 18.5 Å². The third-order valence-electron chi connectivity index (χ3n) is 4.26. The Morgan fingerprint density at radius 1 is 1.20 bits per heavy atom. The maximum absolute atomic E-state index is 11.5. The van der Waals surface area contributed by atoms with Gasteiger partial charge in [-0.25, -0.2) is 8.42 Å². The van der Waals surface area contributed by atoms with Crippen molar-refractivity contribution in [3.05, 3.63) is 35.9 Å². The van der Waals surface area contributed by atoms with Crippen molar-refractivity contribution in [1.82, 2.24) is 5.32 Å². The molecule has 1 saturated carbocycles. The fraction of sp³-hybridized carbons (Fsp3) is 0.625. The molecule has 2 rings (SSSR count). The molecule has 0 aromatic heterocycles. The molecule has 0 amide bonds. The Kier molecular flexibility index (Phi) is 5.61. The molecule has 1 N–H and O–H groups in total. The lowest BCUT2D eigenvalue weighted by Crippen LogP contribution is -2.36. The summed E-state index contributed by atoms with van der Waals surface area (Å²) in [6, 6.07) is 11.0. The predicted molar refractivity (Wildman–Crippen MR) is 83.6 cm³/mol. The molecule has 0 radical (unpaired) electrons. The minimum atomic E-state index is -2.85. The Morgan fingerprint density at radius 2 is 1.95 bits per heavy atom. The van der Waals surface area contributed by atoms with Gasteiger partial charge in [-0.3, -0.25) is 0 Å². The van der Waals surface area contributed by atoms with Gasteiger partial charge in [-0.05, 0) is 30.7 Å². The summed E-state index contributed by atoms with van der Waals surface area (Å²) in [5, 5.41) is 3.46. The fourth-order valence-electron chi connectivity index (χ4n) is 3.01. The normalized spacial score (nSPS) is 23.1. The number of rotatable bonds is 7. The van der Waals surface area contributed by atoms with Gasteiger partial charge in [0.25, 0.3) is 0 Å². The molecule has 0 saturated heterocycles. The zero-order valence-electron chi connectivity index (χ0n) is 12.2. The minimum absolute atomic E-state index is 0.243. The summed E-state index contributed by atoms with van der Waals surface area (Å²) in [5.41, 5.74) is 1.38. The highest BCUT2D eigenvalue weighted by atomic mass is 32.2. The highest BCUT2D eigenvalue weighted by Gasteiger charge is 2.27. The van der Waals surface area contributed by atoms with E-state index in [2.05, 4.69) is 29.6 Å². The molecule has 0 heterocycles. The van der Waals surface area contributed by atoms with Gasteiger partial charge in [0.1, 0.15) is 0 Å². The third-order valence-corrected chi connectivity index (χ3v) is 5.96. The van der Waals surface area contributed by atoms with E-state index in [1.807, 2.05) is 6.07 Å². The van der Waals surface area contributed by atoms with E-state index >= 15 is 0 Å². The van der Waals surface area contributed by atoms with Crippen LogP contribution < -0.4 is 5.32 Å². The highest BCUT2D eigenvalue weighted by molar-refractivity contribution is 7.91. The van der Waals surface area contributed by atoms with Gasteiger partial charge in [0.15, 0.2) is 9.84 Å². The molecule has 3 nitrogen and oxygen atoms in total. The molecule has 0 spiro atoms. The molecule has 112 valence electrons. The van der Waals surface area contributed by atoms with Crippen LogP contribution in [0.1, 0.15) is 31.7 Å². The first-order valence-corrected chi connectivity index (χ1v) is 9.40. The van der Waals surface area contributed by atoms with Crippen molar-refractivity contribution in [2.24, 2.45) is 5.92 Å². The van der Waals surface area contributed by atoms with Gasteiger partial charge in [0, 0.05) is 18.3 Å². The van der Waals surface area contributed by atoms with E-state index in [1.165, 1.54) is 24.8 Å². The van der Waals surface area contributed by atoms with Crippen molar-refractivity contribution in [2.75, 3.05) is 18.1 Å². The number of benzene rings is 1. The quantitative estimate of drug-likeness (QED) is 0.840. The first kappa shape index (κ1) is 15.5. The standard InChI is InChI=1S/C16H25NO2S/c1-2-20(18,19)12-11-17-16-10-6-9-15(16)13-14-7-4-3-5-8-14/h3-5,7-8,15-17H,2,6,9-13H2,1H3/t15-,16-/m0/s1. The molecule has 1 aliphatic carbocycles. The largest absolute Gasteiger partial charge is 0.313 e. The van der Waals surface area contributed by atoms with Crippen LogP contribution in [0.4, 0.5) is 0 Å². The molecule has 20 heavy (non-hydrogen) atoms. The summed E-state index contributed by atoms with van der Waals surface area (Å²) in [4.78, 5) is 0. The summed E-state index contributed by atoms with van der Waals surface area (Å²) >= 11 is 0. The first-order chi connectivity index (χ1) is 9.61. The number of nitrogens with one attached hydrogen (secondary N) is 1. The van der Waals surface area contributed by atoms with E-state index in [4.69, 9.17) is 0 Å². The van der Waals surface area contributed by atoms with Crippen LogP contribution in [0.2, 0.25) is 0 Å². The topological polar surface area (TPSA) is 46.2 Å². The Balaban J connectivity index is 1.82. The van der Waals surface area contributed by atoms with Crippen LogP contribution in [0.25, 0.3) is 0 Å². The summed E-state index contributed by atoms with van der Waals surface area (Å²) in [7, 11) is -2.85. The monoisotopic (exact) mass is 295 g/mol. The van der Waals surface area contributed by atoms with E-state index in [9.17, 15) is 8.42 Å². The van der Waals surface area contributed by atoms with Gasteiger partial charge in [0.2, 0.25) is 0 Å². The van der Waals surface area contributed by atoms with Crippen molar-refractivity contribution < 1.29 is 8.42 Å². The van der Waals surface area contributed by atoms with Gasteiger partial charge in [-0.15, -0.1) is 0 Å². The molecule has 1 fully saturated rings. The maximum atomic E-state index is 11.5. The number of hydrogen-bond donors (Lipinski definition) is 1. The van der Waals surface area contributed by atoms with Crippen LogP contribution in [0.3, 0.4) is 0 Å². The molecule has 0 bridgehead atoms. The van der Waals surface area contributed by atoms with Crippen molar-refractivity contribution >= 4 is 9.84 Å². The van der Waals surface area contributed by atoms with E-state index in [-0.39, 0.29) is 11.5 Å². The van der Waals surface area contributed by atoms with Crippen LogP contribution in [-0.2, 0) is 16.3 Å². The summed E-state index contributed by atoms with van der Waals surface area (Å²) < 4.78 is 23.0. The van der Waals surface area contributed by atoms with Crippen molar-refractivity contribution in [2.45, 2.75) is 38.6 Å². The summed E-state index contributed by atoms with van der Waals surface area (Å²) in [6.45, 7) is 2.30. The van der Waals surface area contributed by atoms with Gasteiger partial charge >= 0.3 is 0 Å². The highest BCUT2D eigenvalue weighted by Crippen LogP contribution is 2.28. The van der Waals surface area contributed by atoms with Gasteiger partial charge < -0.3 is 5.32 Å². The van der Waals surface area contributed by atoms with Gasteiger partial charge in [0.05, 0.1) is 5.75 Å². The smallest absolute Gasteiger partial charge is 0.151 e. The van der Waals surface area contributed by atoms with E-state index in [0.717, 1.165) is 6.42 Å². The van der Waals surface area contributed by atoms with Gasteiger partial charge in [-0.2, -0.15) is 0 Å². The van der Waals surface area contributed by atoms with Crippen molar-refractivity contribution in [3.8, 4) is 0 Å². The van der Waals surface area contributed by atoms with E-state index < -0.39 is 9.84 Å².